The highest BCUT2D eigenvalue weighted by atomic mass is 16.2. The van der Waals surface area contributed by atoms with Gasteiger partial charge in [-0.05, 0) is 45.0 Å². The summed E-state index contributed by atoms with van der Waals surface area (Å²) in [6.45, 7) is 5.70. The maximum absolute atomic E-state index is 12.5. The first-order chi connectivity index (χ1) is 10.1. The molecule has 1 aliphatic heterocycles. The van der Waals surface area contributed by atoms with Gasteiger partial charge in [0.05, 0.1) is 0 Å². The molecule has 1 N–H and O–H groups in total. The minimum Gasteiger partial charge on any atom is -0.384 e. The first-order valence-corrected chi connectivity index (χ1v) is 7.70. The van der Waals surface area contributed by atoms with E-state index in [2.05, 4.69) is 22.1 Å². The van der Waals surface area contributed by atoms with Gasteiger partial charge < -0.3 is 15.1 Å². The van der Waals surface area contributed by atoms with Gasteiger partial charge in [0.2, 0.25) is 0 Å². The first-order valence-electron chi connectivity index (χ1n) is 7.70. The van der Waals surface area contributed by atoms with Gasteiger partial charge in [-0.15, -0.1) is 0 Å². The summed E-state index contributed by atoms with van der Waals surface area (Å²) in [5.41, 5.74) is 1.50. The van der Waals surface area contributed by atoms with Crippen LogP contribution >= 0.6 is 0 Å². The van der Waals surface area contributed by atoms with Crippen molar-refractivity contribution in [1.29, 1.82) is 0 Å². The first kappa shape index (κ1) is 15.8. The highest BCUT2D eigenvalue weighted by Crippen LogP contribution is 2.18. The standard InChI is InChI=1S/C16H26N4O/c1-13-5-4-9-20(12-13)16(21)15-11-14(6-7-18-15)17-8-10-19(2)3/h6-7,11,13H,4-5,8-10,12H2,1-3H3,(H,17,18). The monoisotopic (exact) mass is 290 g/mol. The molecule has 1 aliphatic rings. The highest BCUT2D eigenvalue weighted by Gasteiger charge is 2.22. The van der Waals surface area contributed by atoms with E-state index in [0.29, 0.717) is 11.6 Å². The number of amides is 1. The minimum absolute atomic E-state index is 0.0535. The van der Waals surface area contributed by atoms with Crippen molar-refractivity contribution in [2.24, 2.45) is 5.92 Å². The number of aromatic nitrogens is 1. The Balaban J connectivity index is 1.97. The molecule has 0 aromatic carbocycles. The van der Waals surface area contributed by atoms with E-state index in [1.54, 1.807) is 6.20 Å². The largest absolute Gasteiger partial charge is 0.384 e. The van der Waals surface area contributed by atoms with Crippen molar-refractivity contribution < 1.29 is 4.79 Å². The lowest BCUT2D eigenvalue weighted by molar-refractivity contribution is 0.0677. The van der Waals surface area contributed by atoms with Gasteiger partial charge in [-0.1, -0.05) is 6.92 Å². The van der Waals surface area contributed by atoms with Crippen molar-refractivity contribution in [3.8, 4) is 0 Å². The Morgan fingerprint density at radius 1 is 1.52 bits per heavy atom. The number of likely N-dealkylation sites (tertiary alicyclic amines) is 1. The van der Waals surface area contributed by atoms with Gasteiger partial charge in [0.25, 0.3) is 5.91 Å². The predicted molar refractivity (Wildman–Crippen MR) is 85.6 cm³/mol. The fourth-order valence-electron chi connectivity index (χ4n) is 2.62. The number of carbonyl (C=O) groups is 1. The van der Waals surface area contributed by atoms with Crippen LogP contribution in [0.2, 0.25) is 0 Å². The van der Waals surface area contributed by atoms with E-state index in [9.17, 15) is 4.79 Å². The van der Waals surface area contributed by atoms with E-state index in [0.717, 1.165) is 38.3 Å². The van der Waals surface area contributed by atoms with E-state index in [4.69, 9.17) is 0 Å². The predicted octanol–water partition coefficient (Wildman–Crippen LogP) is 1.93. The summed E-state index contributed by atoms with van der Waals surface area (Å²) in [7, 11) is 4.08. The quantitative estimate of drug-likeness (QED) is 0.900. The van der Waals surface area contributed by atoms with Gasteiger partial charge in [0, 0.05) is 38.1 Å². The molecule has 2 heterocycles. The lowest BCUT2D eigenvalue weighted by Gasteiger charge is -2.30. The molecule has 1 fully saturated rings. The highest BCUT2D eigenvalue weighted by molar-refractivity contribution is 5.93. The molecule has 1 amide bonds. The SMILES string of the molecule is CC1CCCN(C(=O)c2cc(NCCN(C)C)ccn2)C1. The van der Waals surface area contributed by atoms with E-state index in [-0.39, 0.29) is 5.91 Å². The fourth-order valence-corrected chi connectivity index (χ4v) is 2.62. The molecular formula is C16H26N4O. The number of piperidine rings is 1. The molecule has 2 rings (SSSR count). The van der Waals surface area contributed by atoms with Crippen LogP contribution < -0.4 is 5.32 Å². The summed E-state index contributed by atoms with van der Waals surface area (Å²) in [6, 6.07) is 3.77. The Kier molecular flexibility index (Phi) is 5.56. The van der Waals surface area contributed by atoms with E-state index < -0.39 is 0 Å². The van der Waals surface area contributed by atoms with Gasteiger partial charge in [-0.25, -0.2) is 0 Å². The molecule has 1 atom stereocenters. The summed E-state index contributed by atoms with van der Waals surface area (Å²) in [5, 5.41) is 3.33. The van der Waals surface area contributed by atoms with Crippen molar-refractivity contribution in [3.05, 3.63) is 24.0 Å². The van der Waals surface area contributed by atoms with Crippen LogP contribution in [0.5, 0.6) is 0 Å². The number of rotatable bonds is 5. The van der Waals surface area contributed by atoms with Gasteiger partial charge in [0.15, 0.2) is 0 Å². The summed E-state index contributed by atoms with van der Waals surface area (Å²) in [5.74, 6) is 0.641. The number of likely N-dealkylation sites (N-methyl/N-ethyl adjacent to an activating group) is 1. The molecule has 1 aromatic heterocycles. The lowest BCUT2D eigenvalue weighted by Crippen LogP contribution is -2.39. The van der Waals surface area contributed by atoms with Crippen LogP contribution in [-0.2, 0) is 0 Å². The van der Waals surface area contributed by atoms with Gasteiger partial charge in [-0.3, -0.25) is 9.78 Å². The van der Waals surface area contributed by atoms with Crippen LogP contribution in [0.25, 0.3) is 0 Å². The van der Waals surface area contributed by atoms with Crippen LogP contribution in [0.15, 0.2) is 18.3 Å². The summed E-state index contributed by atoms with van der Waals surface area (Å²) < 4.78 is 0. The topological polar surface area (TPSA) is 48.5 Å². The Hall–Kier alpha value is -1.62. The molecule has 5 heteroatoms. The summed E-state index contributed by atoms with van der Waals surface area (Å²) in [6.07, 6.45) is 4.01. The zero-order valence-corrected chi connectivity index (χ0v) is 13.3. The van der Waals surface area contributed by atoms with Crippen LogP contribution in [0.1, 0.15) is 30.3 Å². The molecule has 1 aromatic rings. The second kappa shape index (κ2) is 7.41. The number of nitrogens with zero attached hydrogens (tertiary/aromatic N) is 3. The van der Waals surface area contributed by atoms with E-state index in [1.807, 2.05) is 31.1 Å². The molecule has 5 nitrogen and oxygen atoms in total. The number of anilines is 1. The fraction of sp³-hybridized carbons (Fsp3) is 0.625. The molecule has 0 saturated carbocycles. The number of nitrogens with one attached hydrogen (secondary N) is 1. The van der Waals surface area contributed by atoms with Crippen molar-refractivity contribution in [2.75, 3.05) is 45.6 Å². The zero-order chi connectivity index (χ0) is 15.2. The third-order valence-electron chi connectivity index (χ3n) is 3.81. The van der Waals surface area contributed by atoms with Crippen molar-refractivity contribution in [1.82, 2.24) is 14.8 Å². The third-order valence-corrected chi connectivity index (χ3v) is 3.81. The molecule has 0 spiro atoms. The van der Waals surface area contributed by atoms with Gasteiger partial charge in [-0.2, -0.15) is 0 Å². The summed E-state index contributed by atoms with van der Waals surface area (Å²) in [4.78, 5) is 20.8. The maximum Gasteiger partial charge on any atom is 0.272 e. The number of hydrogen-bond acceptors (Lipinski definition) is 4. The Bertz CT molecular complexity index is 475. The van der Waals surface area contributed by atoms with Crippen molar-refractivity contribution in [2.45, 2.75) is 19.8 Å². The normalized spacial score (nSPS) is 18.9. The number of carbonyl (C=O) groups excluding carboxylic acids is 1. The van der Waals surface area contributed by atoms with Crippen LogP contribution in [0, 0.1) is 5.92 Å². The molecule has 116 valence electrons. The Morgan fingerprint density at radius 2 is 2.33 bits per heavy atom. The maximum atomic E-state index is 12.5. The molecule has 1 saturated heterocycles. The van der Waals surface area contributed by atoms with Crippen molar-refractivity contribution >= 4 is 11.6 Å². The van der Waals surface area contributed by atoms with Gasteiger partial charge >= 0.3 is 0 Å². The molecule has 21 heavy (non-hydrogen) atoms. The second-order valence-electron chi connectivity index (χ2n) is 6.16. The molecule has 1 unspecified atom stereocenters. The molecular weight excluding hydrogens is 264 g/mol. The molecule has 0 aliphatic carbocycles. The third kappa shape index (κ3) is 4.70. The average molecular weight is 290 g/mol. The van der Waals surface area contributed by atoms with Crippen LogP contribution in [0.4, 0.5) is 5.69 Å². The van der Waals surface area contributed by atoms with E-state index >= 15 is 0 Å². The van der Waals surface area contributed by atoms with E-state index in [1.165, 1.54) is 6.42 Å². The van der Waals surface area contributed by atoms with Crippen molar-refractivity contribution in [3.63, 3.8) is 0 Å². The van der Waals surface area contributed by atoms with Crippen LogP contribution in [-0.4, -0.2) is 61.0 Å². The van der Waals surface area contributed by atoms with Crippen LogP contribution in [0.3, 0.4) is 0 Å². The van der Waals surface area contributed by atoms with Gasteiger partial charge in [0.1, 0.15) is 5.69 Å². The second-order valence-corrected chi connectivity index (χ2v) is 6.16. The zero-order valence-electron chi connectivity index (χ0n) is 13.3. The number of pyridine rings is 1. The Morgan fingerprint density at radius 3 is 3.05 bits per heavy atom. The summed E-state index contributed by atoms with van der Waals surface area (Å²) >= 11 is 0. The Labute approximate surface area is 127 Å². The lowest BCUT2D eigenvalue weighted by atomic mass is 10.00. The molecule has 0 radical (unpaired) electrons. The molecule has 0 bridgehead atoms. The number of hydrogen-bond donors (Lipinski definition) is 1. The smallest absolute Gasteiger partial charge is 0.272 e. The average Bonchev–Trinajstić information content (AvgIpc) is 2.46. The minimum atomic E-state index is 0.0535.